The van der Waals surface area contributed by atoms with Crippen LogP contribution in [0.4, 0.5) is 13.2 Å². The molecule has 2 rings (SSSR count). The maximum atomic E-state index is 12.8. The van der Waals surface area contributed by atoms with E-state index < -0.39 is 17.7 Å². The molecule has 0 saturated carbocycles. The van der Waals surface area contributed by atoms with E-state index in [1.807, 2.05) is 0 Å². The lowest BCUT2D eigenvalue weighted by Gasteiger charge is -2.15. The van der Waals surface area contributed by atoms with Gasteiger partial charge in [0.05, 0.1) is 12.2 Å². The zero-order valence-corrected chi connectivity index (χ0v) is 12.1. The van der Waals surface area contributed by atoms with Crippen LogP contribution in [0.15, 0.2) is 18.3 Å². The Morgan fingerprint density at radius 1 is 1.45 bits per heavy atom. The molecule has 0 spiro atoms. The van der Waals surface area contributed by atoms with Gasteiger partial charge in [0.15, 0.2) is 0 Å². The standard InChI is InChI=1S/C14H16F3N3O2/c1-3-22-13(21)11-5-9-4-10(14(15,16)17)7-19-12(9)20(11)8(2)6-18/h4-5,7-8H,3,6,18H2,1-2H3/t8-/m1/s1. The lowest BCUT2D eigenvalue weighted by atomic mass is 10.2. The summed E-state index contributed by atoms with van der Waals surface area (Å²) in [6.45, 7) is 3.77. The van der Waals surface area contributed by atoms with Gasteiger partial charge in [0.2, 0.25) is 0 Å². The van der Waals surface area contributed by atoms with Crippen molar-refractivity contribution in [2.75, 3.05) is 13.2 Å². The highest BCUT2D eigenvalue weighted by Gasteiger charge is 2.32. The number of pyridine rings is 1. The summed E-state index contributed by atoms with van der Waals surface area (Å²) in [4.78, 5) is 15.9. The molecule has 0 fully saturated rings. The molecule has 0 unspecified atom stereocenters. The maximum Gasteiger partial charge on any atom is 0.417 e. The van der Waals surface area contributed by atoms with Crippen LogP contribution >= 0.6 is 0 Å². The third-order valence-corrected chi connectivity index (χ3v) is 3.27. The van der Waals surface area contributed by atoms with E-state index in [2.05, 4.69) is 4.98 Å². The van der Waals surface area contributed by atoms with E-state index >= 15 is 0 Å². The van der Waals surface area contributed by atoms with Crippen LogP contribution < -0.4 is 5.73 Å². The molecule has 0 bridgehead atoms. The fourth-order valence-electron chi connectivity index (χ4n) is 2.18. The molecular weight excluding hydrogens is 299 g/mol. The van der Waals surface area contributed by atoms with Gasteiger partial charge >= 0.3 is 12.1 Å². The zero-order valence-electron chi connectivity index (χ0n) is 12.1. The maximum absolute atomic E-state index is 12.8. The summed E-state index contributed by atoms with van der Waals surface area (Å²) in [5, 5.41) is 0.221. The molecule has 1 atom stereocenters. The average molecular weight is 315 g/mol. The number of hydrogen-bond donors (Lipinski definition) is 1. The summed E-state index contributed by atoms with van der Waals surface area (Å²) in [7, 11) is 0. The first kappa shape index (κ1) is 16.3. The Morgan fingerprint density at radius 3 is 2.68 bits per heavy atom. The first-order valence-corrected chi connectivity index (χ1v) is 6.75. The Hall–Kier alpha value is -2.09. The van der Waals surface area contributed by atoms with Crippen LogP contribution in [0, 0.1) is 0 Å². The highest BCUT2D eigenvalue weighted by Crippen LogP contribution is 2.32. The molecule has 0 aliphatic rings. The van der Waals surface area contributed by atoms with Gasteiger partial charge in [-0.2, -0.15) is 13.2 Å². The highest BCUT2D eigenvalue weighted by molar-refractivity contribution is 5.94. The Balaban J connectivity index is 2.65. The Morgan fingerprint density at radius 2 is 2.14 bits per heavy atom. The van der Waals surface area contributed by atoms with E-state index in [-0.39, 0.29) is 35.9 Å². The molecule has 0 amide bonds. The molecular formula is C14H16F3N3O2. The van der Waals surface area contributed by atoms with Crippen molar-refractivity contribution in [3.63, 3.8) is 0 Å². The smallest absolute Gasteiger partial charge is 0.417 e. The van der Waals surface area contributed by atoms with Crippen LogP contribution in [0.2, 0.25) is 0 Å². The molecule has 0 aliphatic heterocycles. The second-order valence-electron chi connectivity index (χ2n) is 4.84. The first-order chi connectivity index (χ1) is 10.3. The second-order valence-corrected chi connectivity index (χ2v) is 4.84. The van der Waals surface area contributed by atoms with Crippen molar-refractivity contribution >= 4 is 17.0 Å². The summed E-state index contributed by atoms with van der Waals surface area (Å²) >= 11 is 0. The molecule has 2 heterocycles. The number of esters is 1. The van der Waals surface area contributed by atoms with Crippen molar-refractivity contribution in [3.8, 4) is 0 Å². The number of nitrogens with two attached hydrogens (primary N) is 1. The number of aromatic nitrogens is 2. The molecule has 2 aromatic rings. The molecule has 0 radical (unpaired) electrons. The minimum Gasteiger partial charge on any atom is -0.461 e. The minimum atomic E-state index is -4.49. The van der Waals surface area contributed by atoms with Gasteiger partial charge in [0.1, 0.15) is 11.3 Å². The van der Waals surface area contributed by atoms with Crippen LogP contribution in [0.1, 0.15) is 35.9 Å². The third kappa shape index (κ3) is 2.92. The molecule has 0 saturated heterocycles. The van der Waals surface area contributed by atoms with Gasteiger partial charge in [0.25, 0.3) is 0 Å². The molecule has 2 N–H and O–H groups in total. The summed E-state index contributed by atoms with van der Waals surface area (Å²) in [6.07, 6.45) is -3.75. The number of hydrogen-bond acceptors (Lipinski definition) is 4. The van der Waals surface area contributed by atoms with Crippen molar-refractivity contribution in [1.82, 2.24) is 9.55 Å². The molecule has 8 heteroatoms. The van der Waals surface area contributed by atoms with Crippen LogP contribution in [-0.4, -0.2) is 28.7 Å². The van der Waals surface area contributed by atoms with Gasteiger partial charge < -0.3 is 15.0 Å². The van der Waals surface area contributed by atoms with Crippen LogP contribution in [0.25, 0.3) is 11.0 Å². The quantitative estimate of drug-likeness (QED) is 0.881. The van der Waals surface area contributed by atoms with E-state index in [0.29, 0.717) is 0 Å². The largest absolute Gasteiger partial charge is 0.461 e. The number of alkyl halides is 3. The van der Waals surface area contributed by atoms with E-state index in [0.717, 1.165) is 12.3 Å². The SMILES string of the molecule is CCOC(=O)c1cc2cc(C(F)(F)F)cnc2n1[C@H](C)CN. The molecule has 22 heavy (non-hydrogen) atoms. The summed E-state index contributed by atoms with van der Waals surface area (Å²) in [6, 6.07) is 2.01. The molecule has 120 valence electrons. The van der Waals surface area contributed by atoms with Gasteiger partial charge in [-0.15, -0.1) is 0 Å². The monoisotopic (exact) mass is 315 g/mol. The number of carbonyl (C=O) groups excluding carboxylic acids is 1. The fraction of sp³-hybridized carbons (Fsp3) is 0.429. The van der Waals surface area contributed by atoms with Crippen LogP contribution in [0.5, 0.6) is 0 Å². The topological polar surface area (TPSA) is 70.1 Å². The Bertz CT molecular complexity index is 694. The number of nitrogens with zero attached hydrogens (tertiary/aromatic N) is 2. The normalized spacial score (nSPS) is 13.4. The predicted molar refractivity (Wildman–Crippen MR) is 74.5 cm³/mol. The molecule has 2 aromatic heterocycles. The van der Waals surface area contributed by atoms with E-state index in [4.69, 9.17) is 10.5 Å². The molecule has 0 aliphatic carbocycles. The van der Waals surface area contributed by atoms with Crippen molar-refractivity contribution in [1.29, 1.82) is 0 Å². The van der Waals surface area contributed by atoms with Gasteiger partial charge in [-0.1, -0.05) is 0 Å². The van der Waals surface area contributed by atoms with Crippen LogP contribution in [-0.2, 0) is 10.9 Å². The van der Waals surface area contributed by atoms with Crippen molar-refractivity contribution in [2.24, 2.45) is 5.73 Å². The summed E-state index contributed by atoms with van der Waals surface area (Å²) in [5.41, 5.74) is 5.16. The van der Waals surface area contributed by atoms with Gasteiger partial charge in [-0.25, -0.2) is 9.78 Å². The number of fused-ring (bicyclic) bond motifs is 1. The van der Waals surface area contributed by atoms with Crippen molar-refractivity contribution in [2.45, 2.75) is 26.1 Å². The van der Waals surface area contributed by atoms with Gasteiger partial charge in [-0.05, 0) is 26.0 Å². The Labute approximate surface area is 124 Å². The number of carbonyl (C=O) groups is 1. The van der Waals surface area contributed by atoms with Gasteiger partial charge in [-0.3, -0.25) is 0 Å². The fourth-order valence-corrected chi connectivity index (χ4v) is 2.18. The Kier molecular flexibility index (Phi) is 4.41. The first-order valence-electron chi connectivity index (χ1n) is 6.75. The van der Waals surface area contributed by atoms with Crippen molar-refractivity contribution in [3.05, 3.63) is 29.6 Å². The highest BCUT2D eigenvalue weighted by atomic mass is 19.4. The second kappa shape index (κ2) is 5.96. The van der Waals surface area contributed by atoms with E-state index in [1.165, 1.54) is 10.6 Å². The van der Waals surface area contributed by atoms with Crippen molar-refractivity contribution < 1.29 is 22.7 Å². The minimum absolute atomic E-state index is 0.140. The summed E-state index contributed by atoms with van der Waals surface area (Å²) in [5.74, 6) is -0.616. The number of rotatable bonds is 4. The predicted octanol–water partition coefficient (Wildman–Crippen LogP) is 2.75. The number of halogens is 3. The van der Waals surface area contributed by atoms with Crippen LogP contribution in [0.3, 0.4) is 0 Å². The van der Waals surface area contributed by atoms with E-state index in [9.17, 15) is 18.0 Å². The number of ether oxygens (including phenoxy) is 1. The molecule has 5 nitrogen and oxygen atoms in total. The molecule has 0 aromatic carbocycles. The lowest BCUT2D eigenvalue weighted by Crippen LogP contribution is -2.21. The van der Waals surface area contributed by atoms with E-state index in [1.54, 1.807) is 13.8 Å². The van der Waals surface area contributed by atoms with Gasteiger partial charge in [0, 0.05) is 24.2 Å². The third-order valence-electron chi connectivity index (χ3n) is 3.27. The summed E-state index contributed by atoms with van der Waals surface area (Å²) < 4.78 is 44.8. The lowest BCUT2D eigenvalue weighted by molar-refractivity contribution is -0.137. The zero-order chi connectivity index (χ0) is 16.5. The average Bonchev–Trinajstić information content (AvgIpc) is 2.84.